The Labute approximate surface area is 103 Å². The van der Waals surface area contributed by atoms with Gasteiger partial charge in [0.1, 0.15) is 6.10 Å². The maximum absolute atomic E-state index is 11.4. The lowest BCUT2D eigenvalue weighted by molar-refractivity contribution is -0.143. The maximum atomic E-state index is 11.4. The van der Waals surface area contributed by atoms with Crippen LogP contribution in [0.1, 0.15) is 52.4 Å². The monoisotopic (exact) mass is 238 g/mol. The van der Waals surface area contributed by atoms with Crippen molar-refractivity contribution < 1.29 is 14.6 Å². The minimum atomic E-state index is -0.721. The van der Waals surface area contributed by atoms with Crippen molar-refractivity contribution in [2.24, 2.45) is 5.92 Å². The number of carbonyl (C=O) groups excluding carboxylic acids is 1. The Kier molecular flexibility index (Phi) is 3.57. The molecule has 1 N–H and O–H groups in total. The summed E-state index contributed by atoms with van der Waals surface area (Å²) in [7, 11) is 0. The normalized spacial score (nSPS) is 42.3. The van der Waals surface area contributed by atoms with Crippen LogP contribution in [-0.4, -0.2) is 22.8 Å². The minimum absolute atomic E-state index is 0.0802. The second-order valence-corrected chi connectivity index (χ2v) is 5.82. The minimum Gasteiger partial charge on any atom is -0.462 e. The summed E-state index contributed by atoms with van der Waals surface area (Å²) < 4.78 is 5.35. The second-order valence-electron chi connectivity index (χ2n) is 5.82. The van der Waals surface area contributed by atoms with Crippen LogP contribution in [0, 0.1) is 5.92 Å². The summed E-state index contributed by atoms with van der Waals surface area (Å²) in [6.07, 6.45) is 6.92. The Balaban J connectivity index is 2.13. The van der Waals surface area contributed by atoms with E-state index in [0.717, 1.165) is 25.7 Å². The van der Waals surface area contributed by atoms with Crippen LogP contribution < -0.4 is 0 Å². The molecule has 2 rings (SSSR count). The number of hydrogen-bond donors (Lipinski definition) is 1. The summed E-state index contributed by atoms with van der Waals surface area (Å²) in [5, 5.41) is 10.3. The average Bonchev–Trinajstić information content (AvgIpc) is 2.54. The Hall–Kier alpha value is -0.830. The van der Waals surface area contributed by atoms with E-state index in [1.54, 1.807) is 0 Å². The molecule has 0 aromatic heterocycles. The predicted molar refractivity (Wildman–Crippen MR) is 65.5 cm³/mol. The van der Waals surface area contributed by atoms with Gasteiger partial charge in [-0.05, 0) is 39.5 Å². The second kappa shape index (κ2) is 4.81. The van der Waals surface area contributed by atoms with Gasteiger partial charge >= 0.3 is 5.97 Å². The molecule has 2 aliphatic rings. The van der Waals surface area contributed by atoms with Crippen LogP contribution in [-0.2, 0) is 9.53 Å². The van der Waals surface area contributed by atoms with Gasteiger partial charge in [0, 0.05) is 12.3 Å². The van der Waals surface area contributed by atoms with Crippen molar-refractivity contribution in [3.8, 4) is 0 Å². The van der Waals surface area contributed by atoms with E-state index >= 15 is 0 Å². The predicted octanol–water partition coefficient (Wildman–Crippen LogP) is 2.58. The van der Waals surface area contributed by atoms with Gasteiger partial charge in [0.25, 0.3) is 0 Å². The molecule has 3 heteroatoms. The Morgan fingerprint density at radius 1 is 1.53 bits per heavy atom. The fourth-order valence-corrected chi connectivity index (χ4v) is 2.84. The quantitative estimate of drug-likeness (QED) is 0.521. The van der Waals surface area contributed by atoms with Gasteiger partial charge in [-0.1, -0.05) is 11.6 Å². The molecular formula is C14H22O3. The van der Waals surface area contributed by atoms with Gasteiger partial charge in [-0.15, -0.1) is 0 Å². The molecule has 1 aliphatic carbocycles. The molecule has 0 bridgehead atoms. The number of hydrogen-bond acceptors (Lipinski definition) is 3. The van der Waals surface area contributed by atoms with E-state index in [2.05, 4.69) is 13.0 Å². The highest BCUT2D eigenvalue weighted by atomic mass is 16.6. The van der Waals surface area contributed by atoms with Crippen molar-refractivity contribution in [1.29, 1.82) is 0 Å². The van der Waals surface area contributed by atoms with Crippen LogP contribution in [0.2, 0.25) is 0 Å². The number of aliphatic hydroxyl groups is 1. The lowest BCUT2D eigenvalue weighted by Gasteiger charge is -2.29. The Morgan fingerprint density at radius 3 is 3.06 bits per heavy atom. The van der Waals surface area contributed by atoms with Crippen molar-refractivity contribution in [3.05, 3.63) is 11.6 Å². The van der Waals surface area contributed by atoms with Crippen LogP contribution in [0.15, 0.2) is 11.6 Å². The summed E-state index contributed by atoms with van der Waals surface area (Å²) in [6.45, 7) is 3.98. The summed E-state index contributed by atoms with van der Waals surface area (Å²) in [4.78, 5) is 11.4. The number of carbonyl (C=O) groups is 1. The van der Waals surface area contributed by atoms with Gasteiger partial charge in [-0.3, -0.25) is 4.79 Å². The third-order valence-corrected chi connectivity index (χ3v) is 3.96. The number of ether oxygens (including phenoxy) is 1. The molecule has 0 aromatic carbocycles. The van der Waals surface area contributed by atoms with E-state index in [1.165, 1.54) is 5.57 Å². The summed E-state index contributed by atoms with van der Waals surface area (Å²) in [5.41, 5.74) is 0.641. The van der Waals surface area contributed by atoms with Crippen LogP contribution in [0.3, 0.4) is 0 Å². The summed E-state index contributed by atoms with van der Waals surface area (Å²) >= 11 is 0. The molecule has 0 unspecified atom stereocenters. The maximum Gasteiger partial charge on any atom is 0.306 e. The van der Waals surface area contributed by atoms with Crippen LogP contribution in [0.5, 0.6) is 0 Å². The highest BCUT2D eigenvalue weighted by Gasteiger charge is 2.38. The van der Waals surface area contributed by atoms with Crippen molar-refractivity contribution in [2.45, 2.75) is 64.1 Å². The van der Waals surface area contributed by atoms with E-state index in [0.29, 0.717) is 12.8 Å². The zero-order chi connectivity index (χ0) is 12.5. The van der Waals surface area contributed by atoms with Gasteiger partial charge in [0.15, 0.2) is 0 Å². The molecule has 1 aliphatic heterocycles. The zero-order valence-electron chi connectivity index (χ0n) is 10.7. The average molecular weight is 238 g/mol. The Bertz CT molecular complexity index is 330. The molecule has 1 heterocycles. The fraction of sp³-hybridized carbons (Fsp3) is 0.786. The van der Waals surface area contributed by atoms with Gasteiger partial charge in [-0.25, -0.2) is 0 Å². The molecule has 0 radical (unpaired) electrons. The number of fused-ring (bicyclic) bond motifs is 1. The van der Waals surface area contributed by atoms with Crippen LogP contribution in [0.25, 0.3) is 0 Å². The molecule has 0 amide bonds. The summed E-state index contributed by atoms with van der Waals surface area (Å²) in [5.74, 6) is 0.187. The van der Waals surface area contributed by atoms with Gasteiger partial charge < -0.3 is 9.84 Å². The van der Waals surface area contributed by atoms with Gasteiger partial charge in [-0.2, -0.15) is 0 Å². The van der Waals surface area contributed by atoms with E-state index in [-0.39, 0.29) is 18.0 Å². The third-order valence-electron chi connectivity index (χ3n) is 3.96. The van der Waals surface area contributed by atoms with E-state index in [1.807, 2.05) is 6.92 Å². The highest BCUT2D eigenvalue weighted by Crippen LogP contribution is 2.35. The van der Waals surface area contributed by atoms with E-state index < -0.39 is 5.60 Å². The number of rotatable bonds is 0. The summed E-state index contributed by atoms with van der Waals surface area (Å²) in [6, 6.07) is 0. The third kappa shape index (κ3) is 3.32. The molecule has 3 atom stereocenters. The first kappa shape index (κ1) is 12.6. The lowest BCUT2D eigenvalue weighted by atomic mass is 9.83. The molecule has 1 fully saturated rings. The largest absolute Gasteiger partial charge is 0.462 e. The Morgan fingerprint density at radius 2 is 2.29 bits per heavy atom. The standard InChI is InChI=1S/C14H22O3/c1-10-4-3-7-14(2,16)9-12-11(6-5-10)8-13(15)17-12/h4,11-12,16H,3,5-9H2,1-2H3/b10-4+/t11-,12+,14+/m0/s1. The first-order chi connectivity index (χ1) is 7.96. The van der Waals surface area contributed by atoms with Crippen molar-refractivity contribution in [1.82, 2.24) is 0 Å². The molecule has 0 aromatic rings. The van der Waals surface area contributed by atoms with Crippen molar-refractivity contribution >= 4 is 5.97 Å². The van der Waals surface area contributed by atoms with Crippen molar-refractivity contribution in [2.75, 3.05) is 0 Å². The van der Waals surface area contributed by atoms with Gasteiger partial charge in [0.05, 0.1) is 12.0 Å². The molecular weight excluding hydrogens is 216 g/mol. The smallest absolute Gasteiger partial charge is 0.306 e. The fourth-order valence-electron chi connectivity index (χ4n) is 2.84. The molecule has 96 valence electrons. The van der Waals surface area contributed by atoms with Crippen molar-refractivity contribution in [3.63, 3.8) is 0 Å². The topological polar surface area (TPSA) is 46.5 Å². The van der Waals surface area contributed by atoms with Crippen LogP contribution in [0.4, 0.5) is 0 Å². The zero-order valence-corrected chi connectivity index (χ0v) is 10.7. The molecule has 3 nitrogen and oxygen atoms in total. The van der Waals surface area contributed by atoms with E-state index in [9.17, 15) is 9.90 Å². The molecule has 17 heavy (non-hydrogen) atoms. The molecule has 0 spiro atoms. The number of esters is 1. The lowest BCUT2D eigenvalue weighted by Crippen LogP contribution is -2.33. The van der Waals surface area contributed by atoms with Gasteiger partial charge in [0.2, 0.25) is 0 Å². The molecule has 1 saturated heterocycles. The van der Waals surface area contributed by atoms with Crippen LogP contribution >= 0.6 is 0 Å². The molecule has 0 saturated carbocycles. The SMILES string of the molecule is C/C1=C\CC[C@@](C)(O)C[C@H]2OC(=O)C[C@@H]2CC1. The first-order valence-electron chi connectivity index (χ1n) is 6.54. The number of allylic oxidation sites excluding steroid dienone is 2. The highest BCUT2D eigenvalue weighted by molar-refractivity contribution is 5.72. The van der Waals surface area contributed by atoms with E-state index in [4.69, 9.17) is 4.74 Å². The first-order valence-corrected chi connectivity index (χ1v) is 6.54.